The van der Waals surface area contributed by atoms with Crippen molar-refractivity contribution in [1.82, 2.24) is 5.32 Å². The summed E-state index contributed by atoms with van der Waals surface area (Å²) in [5.41, 5.74) is 5.86. The highest BCUT2D eigenvalue weighted by Crippen LogP contribution is 1.87. The van der Waals surface area contributed by atoms with Gasteiger partial charge < -0.3 is 11.1 Å². The lowest BCUT2D eigenvalue weighted by Gasteiger charge is -2.00. The molecule has 0 saturated heterocycles. The molecule has 0 fully saturated rings. The summed E-state index contributed by atoms with van der Waals surface area (Å²) in [5.74, 6) is 0. The topological polar surface area (TPSA) is 67.5 Å². The number of rotatable bonds is 4. The summed E-state index contributed by atoms with van der Waals surface area (Å²) in [5, 5.41) is 2.48. The van der Waals surface area contributed by atoms with Crippen LogP contribution in [0, 0.1) is 0 Å². The number of nitrogens with one attached hydrogen (secondary N) is 1. The highest BCUT2D eigenvalue weighted by molar-refractivity contribution is 5.81. The Labute approximate surface area is 72.6 Å². The molecule has 0 aliphatic rings. The van der Waals surface area contributed by atoms with Crippen LogP contribution in [0.2, 0.25) is 0 Å². The fourth-order valence-electron chi connectivity index (χ4n) is 0.620. The van der Waals surface area contributed by atoms with Crippen LogP contribution < -0.4 is 11.1 Å². The van der Waals surface area contributed by atoms with Crippen molar-refractivity contribution >= 4 is 12.2 Å². The zero-order valence-corrected chi connectivity index (χ0v) is 7.50. The molecule has 0 unspecified atom stereocenters. The lowest BCUT2D eigenvalue weighted by molar-refractivity contribution is 0.250. The first-order valence-electron chi connectivity index (χ1n) is 3.89. The van der Waals surface area contributed by atoms with Gasteiger partial charge in [-0.25, -0.2) is 4.79 Å². The summed E-state index contributed by atoms with van der Waals surface area (Å²) in [7, 11) is 0. The Balaban J connectivity index is 3.85. The predicted octanol–water partition coefficient (Wildman–Crippen LogP) is 0.692. The molecule has 3 N–H and O–H groups in total. The standard InChI is InChI=1S/C8H15N3O/c1-3-7(5-10-4-2)6-11-8(9)12/h3,5H,4,6H2,1-2H3,(H3,9,11,12)/b7-3+,10-5?. The highest BCUT2D eigenvalue weighted by atomic mass is 16.2. The number of nitrogens with zero attached hydrogens (tertiary/aromatic N) is 1. The number of allylic oxidation sites excluding steroid dienone is 1. The number of carbonyl (C=O) groups excluding carboxylic acids is 1. The Bertz CT molecular complexity index is 196. The van der Waals surface area contributed by atoms with Gasteiger partial charge >= 0.3 is 6.03 Å². The number of hydrogen-bond donors (Lipinski definition) is 2. The van der Waals surface area contributed by atoms with Crippen LogP contribution in [0.4, 0.5) is 4.79 Å². The molecular formula is C8H15N3O. The molecule has 0 rings (SSSR count). The van der Waals surface area contributed by atoms with Gasteiger partial charge in [0.1, 0.15) is 0 Å². The summed E-state index contributed by atoms with van der Waals surface area (Å²) in [6, 6.07) is -0.515. The maximum Gasteiger partial charge on any atom is 0.312 e. The first kappa shape index (κ1) is 10.7. The maximum atomic E-state index is 10.3. The van der Waals surface area contributed by atoms with Crippen LogP contribution in [0.15, 0.2) is 16.6 Å². The molecule has 12 heavy (non-hydrogen) atoms. The number of amides is 2. The van der Waals surface area contributed by atoms with Gasteiger partial charge in [-0.05, 0) is 19.4 Å². The molecule has 0 aliphatic carbocycles. The zero-order chi connectivity index (χ0) is 9.40. The monoisotopic (exact) mass is 169 g/mol. The molecular weight excluding hydrogens is 154 g/mol. The number of urea groups is 1. The number of hydrogen-bond acceptors (Lipinski definition) is 2. The van der Waals surface area contributed by atoms with Crippen LogP contribution in [0.25, 0.3) is 0 Å². The third kappa shape index (κ3) is 5.46. The minimum absolute atomic E-state index is 0.440. The summed E-state index contributed by atoms with van der Waals surface area (Å²) in [4.78, 5) is 14.4. The van der Waals surface area contributed by atoms with E-state index in [9.17, 15) is 4.79 Å². The van der Waals surface area contributed by atoms with Crippen molar-refractivity contribution in [2.75, 3.05) is 13.1 Å². The summed E-state index contributed by atoms with van der Waals surface area (Å²) >= 11 is 0. The third-order valence-corrected chi connectivity index (χ3v) is 1.28. The average Bonchev–Trinajstić information content (AvgIpc) is 2.05. The molecule has 4 heteroatoms. The van der Waals surface area contributed by atoms with E-state index in [1.807, 2.05) is 19.9 Å². The number of aliphatic imine (C=N–C) groups is 1. The SMILES string of the molecule is C/C=C(\C=NCC)CNC(N)=O. The maximum absolute atomic E-state index is 10.3. The average molecular weight is 169 g/mol. The smallest absolute Gasteiger partial charge is 0.312 e. The first-order chi connectivity index (χ1) is 5.70. The molecule has 0 saturated carbocycles. The predicted molar refractivity (Wildman–Crippen MR) is 50.4 cm³/mol. The largest absolute Gasteiger partial charge is 0.352 e. The molecule has 0 aromatic heterocycles. The normalized spacial score (nSPS) is 12.0. The van der Waals surface area contributed by atoms with E-state index in [1.165, 1.54) is 0 Å². The summed E-state index contributed by atoms with van der Waals surface area (Å²) in [6.45, 7) is 5.02. The van der Waals surface area contributed by atoms with Gasteiger partial charge in [0.25, 0.3) is 0 Å². The molecule has 0 aromatic rings. The van der Waals surface area contributed by atoms with E-state index in [-0.39, 0.29) is 0 Å². The van der Waals surface area contributed by atoms with Gasteiger partial charge in [-0.1, -0.05) is 6.08 Å². The van der Waals surface area contributed by atoms with Crippen molar-refractivity contribution in [2.24, 2.45) is 10.7 Å². The zero-order valence-electron chi connectivity index (χ0n) is 7.50. The molecule has 68 valence electrons. The van der Waals surface area contributed by atoms with Crippen molar-refractivity contribution < 1.29 is 4.79 Å². The lowest BCUT2D eigenvalue weighted by Crippen LogP contribution is -2.31. The molecule has 0 aromatic carbocycles. The Kier molecular flexibility index (Phi) is 5.69. The molecule has 4 nitrogen and oxygen atoms in total. The van der Waals surface area contributed by atoms with E-state index >= 15 is 0 Å². The van der Waals surface area contributed by atoms with Gasteiger partial charge in [0, 0.05) is 19.3 Å². The third-order valence-electron chi connectivity index (χ3n) is 1.28. The van der Waals surface area contributed by atoms with E-state index in [0.717, 1.165) is 12.1 Å². The van der Waals surface area contributed by atoms with E-state index in [0.29, 0.717) is 6.54 Å². The summed E-state index contributed by atoms with van der Waals surface area (Å²) < 4.78 is 0. The lowest BCUT2D eigenvalue weighted by atomic mass is 10.3. The quantitative estimate of drug-likeness (QED) is 0.597. The molecule has 0 spiro atoms. The van der Waals surface area contributed by atoms with Gasteiger partial charge in [-0.3, -0.25) is 4.99 Å². The van der Waals surface area contributed by atoms with Crippen molar-refractivity contribution in [1.29, 1.82) is 0 Å². The molecule has 0 aliphatic heterocycles. The molecule has 2 amide bonds. The second-order valence-electron chi connectivity index (χ2n) is 2.21. The Hall–Kier alpha value is -1.32. The van der Waals surface area contributed by atoms with Gasteiger partial charge in [0.05, 0.1) is 0 Å². The molecule has 0 radical (unpaired) electrons. The van der Waals surface area contributed by atoms with Crippen LogP contribution >= 0.6 is 0 Å². The Morgan fingerprint density at radius 2 is 2.33 bits per heavy atom. The van der Waals surface area contributed by atoms with Crippen LogP contribution in [0.3, 0.4) is 0 Å². The van der Waals surface area contributed by atoms with Crippen LogP contribution in [-0.2, 0) is 0 Å². The molecule has 0 bridgehead atoms. The second kappa shape index (κ2) is 6.39. The van der Waals surface area contributed by atoms with Gasteiger partial charge in [0.2, 0.25) is 0 Å². The van der Waals surface area contributed by atoms with E-state index in [1.54, 1.807) is 6.21 Å². The minimum atomic E-state index is -0.515. The Morgan fingerprint density at radius 1 is 1.67 bits per heavy atom. The fraction of sp³-hybridized carbons (Fsp3) is 0.500. The van der Waals surface area contributed by atoms with Crippen molar-refractivity contribution in [2.45, 2.75) is 13.8 Å². The van der Waals surface area contributed by atoms with E-state index in [2.05, 4.69) is 10.3 Å². The molecule has 0 atom stereocenters. The van der Waals surface area contributed by atoms with Crippen LogP contribution in [0.1, 0.15) is 13.8 Å². The fourth-order valence-corrected chi connectivity index (χ4v) is 0.620. The molecule has 0 heterocycles. The van der Waals surface area contributed by atoms with Crippen molar-refractivity contribution in [3.63, 3.8) is 0 Å². The van der Waals surface area contributed by atoms with Crippen LogP contribution in [0.5, 0.6) is 0 Å². The van der Waals surface area contributed by atoms with E-state index < -0.39 is 6.03 Å². The van der Waals surface area contributed by atoms with Crippen LogP contribution in [-0.4, -0.2) is 25.3 Å². The second-order valence-corrected chi connectivity index (χ2v) is 2.21. The first-order valence-corrected chi connectivity index (χ1v) is 3.89. The number of carbonyl (C=O) groups is 1. The van der Waals surface area contributed by atoms with Gasteiger partial charge in [-0.15, -0.1) is 0 Å². The van der Waals surface area contributed by atoms with Crippen molar-refractivity contribution in [3.05, 3.63) is 11.6 Å². The summed E-state index contributed by atoms with van der Waals surface area (Å²) in [6.07, 6.45) is 3.62. The van der Waals surface area contributed by atoms with Gasteiger partial charge in [0.15, 0.2) is 0 Å². The highest BCUT2D eigenvalue weighted by Gasteiger charge is 1.93. The van der Waals surface area contributed by atoms with E-state index in [4.69, 9.17) is 5.73 Å². The minimum Gasteiger partial charge on any atom is -0.352 e. The Morgan fingerprint density at radius 3 is 2.75 bits per heavy atom. The van der Waals surface area contributed by atoms with Crippen molar-refractivity contribution in [3.8, 4) is 0 Å². The number of primary amides is 1. The van der Waals surface area contributed by atoms with Gasteiger partial charge in [-0.2, -0.15) is 0 Å². The number of nitrogens with two attached hydrogens (primary N) is 1.